The van der Waals surface area contributed by atoms with Crippen LogP contribution in [0.25, 0.3) is 0 Å². The Bertz CT molecular complexity index is 456. The fraction of sp³-hybridized carbons (Fsp3) is 1.00. The van der Waals surface area contributed by atoms with E-state index in [0.29, 0.717) is 18.0 Å². The molecule has 2 saturated carbocycles. The van der Waals surface area contributed by atoms with Crippen molar-refractivity contribution in [2.45, 2.75) is 65.0 Å². The van der Waals surface area contributed by atoms with Crippen LogP contribution in [-0.2, 0) is 10.0 Å². The lowest BCUT2D eigenvalue weighted by Gasteiger charge is -2.61. The molecular formula is C15H30N2O2S. The Morgan fingerprint density at radius 2 is 1.80 bits per heavy atom. The zero-order valence-corrected chi connectivity index (χ0v) is 14.3. The fourth-order valence-corrected chi connectivity index (χ4v) is 5.54. The molecule has 2 aliphatic rings. The van der Waals surface area contributed by atoms with Crippen LogP contribution in [0.1, 0.15) is 53.4 Å². The first-order chi connectivity index (χ1) is 9.03. The lowest BCUT2D eigenvalue weighted by molar-refractivity contribution is -0.0887. The van der Waals surface area contributed by atoms with Crippen molar-refractivity contribution in [1.29, 1.82) is 0 Å². The van der Waals surface area contributed by atoms with Gasteiger partial charge in [-0.15, -0.1) is 0 Å². The van der Waals surface area contributed by atoms with E-state index in [-0.39, 0.29) is 0 Å². The van der Waals surface area contributed by atoms with Crippen LogP contribution in [0.4, 0.5) is 0 Å². The molecule has 5 heteroatoms. The summed E-state index contributed by atoms with van der Waals surface area (Å²) in [5, 5.41) is 3.64. The Morgan fingerprint density at radius 1 is 1.20 bits per heavy atom. The van der Waals surface area contributed by atoms with Gasteiger partial charge < -0.3 is 5.32 Å². The van der Waals surface area contributed by atoms with Crippen molar-refractivity contribution in [2.24, 2.45) is 17.3 Å². The highest BCUT2D eigenvalue weighted by atomic mass is 32.2. The summed E-state index contributed by atoms with van der Waals surface area (Å²) < 4.78 is 25.5. The van der Waals surface area contributed by atoms with Crippen LogP contribution in [0.5, 0.6) is 0 Å². The monoisotopic (exact) mass is 302 g/mol. The summed E-state index contributed by atoms with van der Waals surface area (Å²) in [6.45, 7) is 9.26. The van der Waals surface area contributed by atoms with E-state index in [1.54, 1.807) is 0 Å². The van der Waals surface area contributed by atoms with Crippen molar-refractivity contribution in [3.63, 3.8) is 0 Å². The van der Waals surface area contributed by atoms with Crippen molar-refractivity contribution < 1.29 is 8.42 Å². The van der Waals surface area contributed by atoms with Crippen molar-refractivity contribution >= 4 is 10.0 Å². The molecule has 0 radical (unpaired) electrons. The number of nitrogens with one attached hydrogen (secondary N) is 2. The number of hydrogen-bond acceptors (Lipinski definition) is 3. The van der Waals surface area contributed by atoms with Gasteiger partial charge in [0.1, 0.15) is 0 Å². The van der Waals surface area contributed by atoms with Crippen LogP contribution in [0.2, 0.25) is 0 Å². The van der Waals surface area contributed by atoms with Gasteiger partial charge >= 0.3 is 0 Å². The van der Waals surface area contributed by atoms with Crippen molar-refractivity contribution in [3.8, 4) is 0 Å². The van der Waals surface area contributed by atoms with Gasteiger partial charge in [-0.1, -0.05) is 26.7 Å². The molecule has 118 valence electrons. The molecular weight excluding hydrogens is 272 g/mol. The molecule has 2 fully saturated rings. The molecule has 2 aliphatic carbocycles. The Labute approximate surface area is 124 Å². The summed E-state index contributed by atoms with van der Waals surface area (Å²) in [6, 6.07) is 0.522. The first-order valence-electron chi connectivity index (χ1n) is 7.75. The lowest BCUT2D eigenvalue weighted by atomic mass is 9.47. The molecule has 0 spiro atoms. The van der Waals surface area contributed by atoms with Gasteiger partial charge in [-0.05, 0) is 43.9 Å². The van der Waals surface area contributed by atoms with E-state index in [9.17, 15) is 8.42 Å². The molecule has 0 aliphatic heterocycles. The maximum absolute atomic E-state index is 11.4. The van der Waals surface area contributed by atoms with Crippen LogP contribution in [0.15, 0.2) is 0 Å². The Kier molecular flexibility index (Phi) is 4.27. The summed E-state index contributed by atoms with van der Waals surface area (Å²) in [5.74, 6) is 1.63. The first-order valence-corrected chi connectivity index (χ1v) is 9.64. The molecule has 0 unspecified atom stereocenters. The molecule has 0 saturated heterocycles. The van der Waals surface area contributed by atoms with E-state index in [1.807, 2.05) is 13.8 Å². The summed E-state index contributed by atoms with van der Waals surface area (Å²) >= 11 is 0. The largest absolute Gasteiger partial charge is 0.311 e. The van der Waals surface area contributed by atoms with Crippen LogP contribution in [0.3, 0.4) is 0 Å². The minimum atomic E-state index is -3.16. The van der Waals surface area contributed by atoms with E-state index in [0.717, 1.165) is 11.8 Å². The summed E-state index contributed by atoms with van der Waals surface area (Å²) in [6.07, 6.45) is 6.63. The predicted octanol–water partition coefficient (Wildman–Crippen LogP) is 2.12. The molecule has 0 aromatic rings. The number of sulfonamides is 1. The SMILES string of the molecule is CC(C)(CN[C@@H]1[C@@H]2CCCC[C@@H]2C1(C)C)NS(C)(=O)=O. The highest BCUT2D eigenvalue weighted by Crippen LogP contribution is 2.57. The van der Waals surface area contributed by atoms with E-state index in [4.69, 9.17) is 0 Å². The van der Waals surface area contributed by atoms with Gasteiger partial charge in [-0.2, -0.15) is 0 Å². The smallest absolute Gasteiger partial charge is 0.209 e. The minimum Gasteiger partial charge on any atom is -0.311 e. The van der Waals surface area contributed by atoms with Crippen molar-refractivity contribution in [1.82, 2.24) is 10.0 Å². The van der Waals surface area contributed by atoms with Gasteiger partial charge in [0, 0.05) is 18.1 Å². The molecule has 2 N–H and O–H groups in total. The third-order valence-electron chi connectivity index (χ3n) is 5.23. The average Bonchev–Trinajstić information content (AvgIpc) is 2.25. The molecule has 2 rings (SSSR count). The molecule has 20 heavy (non-hydrogen) atoms. The van der Waals surface area contributed by atoms with E-state index < -0.39 is 15.6 Å². The highest BCUT2D eigenvalue weighted by Gasteiger charge is 2.56. The third-order valence-corrected chi connectivity index (χ3v) is 6.15. The summed E-state index contributed by atoms with van der Waals surface area (Å²) in [4.78, 5) is 0. The van der Waals surface area contributed by atoms with Crippen molar-refractivity contribution in [3.05, 3.63) is 0 Å². The molecule has 0 heterocycles. The van der Waals surface area contributed by atoms with Crippen LogP contribution < -0.4 is 10.0 Å². The zero-order valence-electron chi connectivity index (χ0n) is 13.5. The standard InChI is InChI=1S/C15H30N2O2S/c1-14(2,17-20(5,18)19)10-16-13-11-8-6-7-9-12(11)15(13,3)4/h11-13,16-17H,6-10H2,1-5H3/t11-,12+,13-/m1/s1. The van der Waals surface area contributed by atoms with Crippen molar-refractivity contribution in [2.75, 3.05) is 12.8 Å². The highest BCUT2D eigenvalue weighted by molar-refractivity contribution is 7.88. The van der Waals surface area contributed by atoms with Gasteiger partial charge in [0.15, 0.2) is 0 Å². The second kappa shape index (κ2) is 5.25. The molecule has 4 nitrogen and oxygen atoms in total. The van der Waals surface area contributed by atoms with Gasteiger partial charge in [-0.25, -0.2) is 13.1 Å². The summed E-state index contributed by atoms with van der Waals surface area (Å²) in [7, 11) is -3.16. The van der Waals surface area contributed by atoms with E-state index in [1.165, 1.54) is 31.9 Å². The maximum Gasteiger partial charge on any atom is 0.209 e. The Balaban J connectivity index is 1.93. The van der Waals surface area contributed by atoms with Crippen LogP contribution >= 0.6 is 0 Å². The second-order valence-corrected chi connectivity index (χ2v) is 9.74. The van der Waals surface area contributed by atoms with Crippen LogP contribution in [-0.4, -0.2) is 32.8 Å². The third kappa shape index (κ3) is 3.37. The molecule has 3 atom stereocenters. The molecule has 0 amide bonds. The molecule has 0 aromatic carbocycles. The minimum absolute atomic E-state index is 0.340. The quantitative estimate of drug-likeness (QED) is 0.818. The van der Waals surface area contributed by atoms with Gasteiger partial charge in [0.05, 0.1) is 6.26 Å². The average molecular weight is 302 g/mol. The van der Waals surface area contributed by atoms with Gasteiger partial charge in [-0.3, -0.25) is 0 Å². The van der Waals surface area contributed by atoms with Gasteiger partial charge in [0.2, 0.25) is 10.0 Å². The fourth-order valence-electron chi connectivity index (χ4n) is 4.46. The predicted molar refractivity (Wildman–Crippen MR) is 83.1 cm³/mol. The maximum atomic E-state index is 11.4. The lowest BCUT2D eigenvalue weighted by Crippen LogP contribution is -2.67. The Morgan fingerprint density at radius 3 is 2.40 bits per heavy atom. The topological polar surface area (TPSA) is 58.2 Å². The number of hydrogen-bond donors (Lipinski definition) is 2. The number of rotatable bonds is 5. The second-order valence-electron chi connectivity index (χ2n) is 7.99. The first kappa shape index (κ1) is 16.2. The summed E-state index contributed by atoms with van der Waals surface area (Å²) in [5.41, 5.74) is -0.102. The molecule has 0 aromatic heterocycles. The van der Waals surface area contributed by atoms with Crippen LogP contribution in [0, 0.1) is 17.3 Å². The molecule has 0 bridgehead atoms. The van der Waals surface area contributed by atoms with Gasteiger partial charge in [0.25, 0.3) is 0 Å². The van der Waals surface area contributed by atoms with E-state index in [2.05, 4.69) is 23.9 Å². The normalized spacial score (nSPS) is 33.4. The Hall–Kier alpha value is -0.130. The number of fused-ring (bicyclic) bond motifs is 1. The van der Waals surface area contributed by atoms with E-state index >= 15 is 0 Å². The zero-order chi connectivity index (χ0) is 15.2.